The van der Waals surface area contributed by atoms with E-state index in [-0.39, 0.29) is 4.90 Å². The van der Waals surface area contributed by atoms with Crippen LogP contribution in [0.15, 0.2) is 58.9 Å². The molecule has 0 bridgehead atoms. The van der Waals surface area contributed by atoms with Gasteiger partial charge in [-0.2, -0.15) is 5.10 Å². The van der Waals surface area contributed by atoms with Gasteiger partial charge in [0.2, 0.25) is 0 Å². The molecule has 1 N–H and O–H groups in total. The molecule has 2 heterocycles. The van der Waals surface area contributed by atoms with Crippen LogP contribution in [0.1, 0.15) is 31.7 Å². The molecule has 0 radical (unpaired) electrons. The van der Waals surface area contributed by atoms with Crippen LogP contribution in [0.3, 0.4) is 0 Å². The second-order valence-electron chi connectivity index (χ2n) is 6.21. The van der Waals surface area contributed by atoms with Crippen molar-refractivity contribution in [2.24, 2.45) is 0 Å². The third-order valence-electron chi connectivity index (χ3n) is 4.47. The van der Waals surface area contributed by atoms with Crippen LogP contribution in [-0.4, -0.2) is 18.2 Å². The van der Waals surface area contributed by atoms with E-state index >= 15 is 0 Å². The van der Waals surface area contributed by atoms with Gasteiger partial charge in [-0.15, -0.1) is 11.3 Å². The molecule has 1 saturated carbocycles. The summed E-state index contributed by atoms with van der Waals surface area (Å²) >= 11 is 1.50. The van der Waals surface area contributed by atoms with Crippen molar-refractivity contribution in [2.75, 3.05) is 4.72 Å². The van der Waals surface area contributed by atoms with Gasteiger partial charge >= 0.3 is 0 Å². The highest BCUT2D eigenvalue weighted by atomic mass is 32.2. The van der Waals surface area contributed by atoms with Gasteiger partial charge in [0.25, 0.3) is 10.0 Å². The van der Waals surface area contributed by atoms with Crippen molar-refractivity contribution >= 4 is 27.0 Å². The predicted octanol–water partition coefficient (Wildman–Crippen LogP) is 4.53. The average molecular weight is 374 g/mol. The monoisotopic (exact) mass is 373 g/mol. The summed E-state index contributed by atoms with van der Waals surface area (Å²) in [5.74, 6) is 0. The van der Waals surface area contributed by atoms with Crippen LogP contribution in [0.25, 0.3) is 10.6 Å². The Balaban J connectivity index is 1.76. The first-order chi connectivity index (χ1) is 12.1. The SMILES string of the molecule is O=S(=O)(Nc1ccccc1)c1cn(C2CCCC2)nc1-c1cccs1. The van der Waals surface area contributed by atoms with Crippen molar-refractivity contribution in [2.45, 2.75) is 36.6 Å². The Labute approximate surface area is 151 Å². The zero-order chi connectivity index (χ0) is 17.3. The van der Waals surface area contributed by atoms with E-state index in [4.69, 9.17) is 0 Å². The molecule has 1 aliphatic carbocycles. The number of benzene rings is 1. The Morgan fingerprint density at radius 3 is 2.52 bits per heavy atom. The number of hydrogen-bond acceptors (Lipinski definition) is 4. The fourth-order valence-electron chi connectivity index (χ4n) is 3.23. The highest BCUT2D eigenvalue weighted by Crippen LogP contribution is 2.35. The van der Waals surface area contributed by atoms with Crippen molar-refractivity contribution in [3.8, 4) is 10.6 Å². The summed E-state index contributed by atoms with van der Waals surface area (Å²) < 4.78 is 30.5. The first-order valence-electron chi connectivity index (χ1n) is 8.34. The van der Waals surface area contributed by atoms with Crippen LogP contribution in [0.5, 0.6) is 0 Å². The third kappa shape index (κ3) is 3.34. The summed E-state index contributed by atoms with van der Waals surface area (Å²) in [6.07, 6.45) is 6.14. The standard InChI is InChI=1S/C18H19N3O2S2/c22-25(23,20-14-7-2-1-3-8-14)17-13-21(15-9-4-5-10-15)19-18(17)16-11-6-12-24-16/h1-3,6-8,11-13,15,20H,4-5,9-10H2. The van der Waals surface area contributed by atoms with Gasteiger partial charge in [0.1, 0.15) is 10.6 Å². The van der Waals surface area contributed by atoms with E-state index in [9.17, 15) is 8.42 Å². The number of aromatic nitrogens is 2. The molecular formula is C18H19N3O2S2. The van der Waals surface area contributed by atoms with Crippen molar-refractivity contribution in [3.63, 3.8) is 0 Å². The third-order valence-corrected chi connectivity index (χ3v) is 6.73. The Hall–Kier alpha value is -2.12. The predicted molar refractivity (Wildman–Crippen MR) is 100 cm³/mol. The topological polar surface area (TPSA) is 64.0 Å². The molecule has 3 aromatic rings. The van der Waals surface area contributed by atoms with Crippen molar-refractivity contribution in [1.82, 2.24) is 9.78 Å². The number of rotatable bonds is 5. The van der Waals surface area contributed by atoms with Gasteiger partial charge in [-0.25, -0.2) is 8.42 Å². The number of nitrogens with zero attached hydrogens (tertiary/aromatic N) is 2. The second kappa shape index (κ2) is 6.65. The number of nitrogens with one attached hydrogen (secondary N) is 1. The van der Waals surface area contributed by atoms with Crippen LogP contribution in [0.4, 0.5) is 5.69 Å². The van der Waals surface area contributed by atoms with Crippen molar-refractivity contribution in [3.05, 3.63) is 54.0 Å². The quantitative estimate of drug-likeness (QED) is 0.715. The van der Waals surface area contributed by atoms with E-state index in [2.05, 4.69) is 9.82 Å². The van der Waals surface area contributed by atoms with Crippen molar-refractivity contribution < 1.29 is 8.42 Å². The minimum atomic E-state index is -3.71. The first-order valence-corrected chi connectivity index (χ1v) is 10.7. The molecule has 1 aliphatic rings. The van der Waals surface area contributed by atoms with E-state index in [1.807, 2.05) is 28.3 Å². The molecule has 0 amide bonds. The van der Waals surface area contributed by atoms with Gasteiger partial charge in [0, 0.05) is 11.9 Å². The van der Waals surface area contributed by atoms with Crippen LogP contribution < -0.4 is 4.72 Å². The Bertz CT molecular complexity index is 942. The molecule has 7 heteroatoms. The minimum absolute atomic E-state index is 0.241. The van der Waals surface area contributed by atoms with Crippen LogP contribution in [-0.2, 0) is 10.0 Å². The largest absolute Gasteiger partial charge is 0.280 e. The Morgan fingerprint density at radius 1 is 1.08 bits per heavy atom. The van der Waals surface area contributed by atoms with Gasteiger partial charge in [0.05, 0.1) is 10.9 Å². The molecule has 0 aliphatic heterocycles. The molecule has 2 aromatic heterocycles. The van der Waals surface area contributed by atoms with Gasteiger partial charge in [0.15, 0.2) is 0 Å². The normalized spacial score (nSPS) is 15.5. The number of thiophene rings is 1. The second-order valence-corrected chi connectivity index (χ2v) is 8.81. The maximum Gasteiger partial charge on any atom is 0.265 e. The molecule has 5 nitrogen and oxygen atoms in total. The van der Waals surface area contributed by atoms with Crippen molar-refractivity contribution in [1.29, 1.82) is 0 Å². The highest BCUT2D eigenvalue weighted by molar-refractivity contribution is 7.92. The molecule has 0 atom stereocenters. The van der Waals surface area contributed by atoms with E-state index < -0.39 is 10.0 Å². The molecule has 25 heavy (non-hydrogen) atoms. The van der Waals surface area contributed by atoms with Gasteiger partial charge < -0.3 is 0 Å². The summed E-state index contributed by atoms with van der Waals surface area (Å²) in [7, 11) is -3.71. The number of para-hydroxylation sites is 1. The van der Waals surface area contributed by atoms with E-state index in [1.165, 1.54) is 24.2 Å². The lowest BCUT2D eigenvalue weighted by molar-refractivity contribution is 0.467. The number of hydrogen-bond donors (Lipinski definition) is 1. The van der Waals surface area contributed by atoms with Crippen LogP contribution >= 0.6 is 11.3 Å². The summed E-state index contributed by atoms with van der Waals surface area (Å²) in [4.78, 5) is 1.11. The average Bonchev–Trinajstić information content (AvgIpc) is 3.34. The summed E-state index contributed by atoms with van der Waals surface area (Å²) in [6, 6.07) is 13.1. The summed E-state index contributed by atoms with van der Waals surface area (Å²) in [5, 5.41) is 6.59. The zero-order valence-corrected chi connectivity index (χ0v) is 15.3. The molecule has 1 fully saturated rings. The fourth-order valence-corrected chi connectivity index (χ4v) is 5.22. The van der Waals surface area contributed by atoms with Crippen LogP contribution in [0, 0.1) is 0 Å². The Kier molecular flexibility index (Phi) is 4.35. The molecule has 0 saturated heterocycles. The number of anilines is 1. The zero-order valence-electron chi connectivity index (χ0n) is 13.6. The maximum atomic E-state index is 13.0. The fraction of sp³-hybridized carbons (Fsp3) is 0.278. The van der Waals surface area contributed by atoms with Gasteiger partial charge in [-0.3, -0.25) is 9.40 Å². The molecule has 4 rings (SSSR count). The minimum Gasteiger partial charge on any atom is -0.280 e. The Morgan fingerprint density at radius 2 is 1.84 bits per heavy atom. The molecule has 0 unspecified atom stereocenters. The first kappa shape index (κ1) is 16.4. The van der Waals surface area contributed by atoms with E-state index in [0.29, 0.717) is 17.4 Å². The molecular weight excluding hydrogens is 354 g/mol. The lowest BCUT2D eigenvalue weighted by atomic mass is 10.3. The van der Waals surface area contributed by atoms with Gasteiger partial charge in [-0.05, 0) is 36.4 Å². The number of sulfonamides is 1. The summed E-state index contributed by atoms with van der Waals surface area (Å²) in [5.41, 5.74) is 1.08. The van der Waals surface area contributed by atoms with E-state index in [1.54, 1.807) is 30.5 Å². The molecule has 0 spiro atoms. The molecule has 130 valence electrons. The lowest BCUT2D eigenvalue weighted by Crippen LogP contribution is -2.13. The lowest BCUT2D eigenvalue weighted by Gasteiger charge is -2.08. The summed E-state index contributed by atoms with van der Waals surface area (Å²) in [6.45, 7) is 0. The highest BCUT2D eigenvalue weighted by Gasteiger charge is 2.27. The molecule has 1 aromatic carbocycles. The van der Waals surface area contributed by atoms with E-state index in [0.717, 1.165) is 17.7 Å². The van der Waals surface area contributed by atoms with Gasteiger partial charge in [-0.1, -0.05) is 37.1 Å². The smallest absolute Gasteiger partial charge is 0.265 e. The maximum absolute atomic E-state index is 13.0. The van der Waals surface area contributed by atoms with Crippen LogP contribution in [0.2, 0.25) is 0 Å².